The summed E-state index contributed by atoms with van der Waals surface area (Å²) in [5.41, 5.74) is 2.05. The van der Waals surface area contributed by atoms with E-state index in [0.29, 0.717) is 18.8 Å². The van der Waals surface area contributed by atoms with E-state index in [1.54, 1.807) is 4.90 Å². The van der Waals surface area contributed by atoms with Crippen LogP contribution in [0.4, 0.5) is 5.69 Å². The molecule has 6 nitrogen and oxygen atoms in total. The van der Waals surface area contributed by atoms with Crippen LogP contribution in [0.3, 0.4) is 0 Å². The van der Waals surface area contributed by atoms with Crippen molar-refractivity contribution in [2.24, 2.45) is 0 Å². The van der Waals surface area contributed by atoms with E-state index in [1.807, 2.05) is 30.3 Å². The molecule has 2 amide bonds. The van der Waals surface area contributed by atoms with Gasteiger partial charge in [0.05, 0.1) is 5.69 Å². The van der Waals surface area contributed by atoms with Crippen molar-refractivity contribution >= 4 is 17.5 Å². The van der Waals surface area contributed by atoms with Crippen LogP contribution in [-0.2, 0) is 16.1 Å². The van der Waals surface area contributed by atoms with Gasteiger partial charge in [-0.3, -0.25) is 14.5 Å². The number of benzene rings is 2. The lowest BCUT2D eigenvalue weighted by Gasteiger charge is -2.29. The van der Waals surface area contributed by atoms with Crippen molar-refractivity contribution in [1.82, 2.24) is 10.2 Å². The maximum absolute atomic E-state index is 12.3. The quantitative estimate of drug-likeness (QED) is 0.530. The molecule has 0 spiro atoms. The summed E-state index contributed by atoms with van der Waals surface area (Å²) in [5.74, 6) is 0.548. The van der Waals surface area contributed by atoms with Gasteiger partial charge in [0.15, 0.2) is 6.61 Å². The standard InChI is InChI=1S/C25H33N3O3/c1-2-3-16-27(19-21-10-5-4-6-11-21)17-9-15-26-24(29)14-18-28-22-12-7-8-13-23(22)31-20-25(28)30/h4-8,10-13H,2-3,9,14-20H2,1H3,(H,26,29). The number of para-hydroxylation sites is 2. The van der Waals surface area contributed by atoms with Gasteiger partial charge in [0.25, 0.3) is 5.91 Å². The molecule has 0 bridgehead atoms. The number of fused-ring (bicyclic) bond motifs is 1. The topological polar surface area (TPSA) is 61.9 Å². The van der Waals surface area contributed by atoms with Crippen molar-refractivity contribution in [3.63, 3.8) is 0 Å². The van der Waals surface area contributed by atoms with Crippen LogP contribution in [0.25, 0.3) is 0 Å². The fourth-order valence-corrected chi connectivity index (χ4v) is 3.72. The molecule has 0 unspecified atom stereocenters. The van der Waals surface area contributed by atoms with Gasteiger partial charge < -0.3 is 15.0 Å². The zero-order chi connectivity index (χ0) is 21.9. The van der Waals surface area contributed by atoms with Crippen molar-refractivity contribution in [3.8, 4) is 5.75 Å². The first kappa shape index (κ1) is 22.8. The summed E-state index contributed by atoms with van der Waals surface area (Å²) in [6, 6.07) is 17.9. The number of anilines is 1. The van der Waals surface area contributed by atoms with Crippen molar-refractivity contribution in [2.45, 2.75) is 39.2 Å². The Morgan fingerprint density at radius 2 is 1.81 bits per heavy atom. The second kappa shape index (κ2) is 12.1. The molecule has 0 aliphatic carbocycles. The third-order valence-electron chi connectivity index (χ3n) is 5.42. The third kappa shape index (κ3) is 7.10. The number of carbonyl (C=O) groups excluding carboxylic acids is 2. The number of ether oxygens (including phenoxy) is 1. The first-order chi connectivity index (χ1) is 15.2. The SMILES string of the molecule is CCCCN(CCCNC(=O)CCN1C(=O)COc2ccccc21)Cc1ccccc1. The molecule has 0 saturated carbocycles. The average Bonchev–Trinajstić information content (AvgIpc) is 2.80. The lowest BCUT2D eigenvalue weighted by Crippen LogP contribution is -2.41. The highest BCUT2D eigenvalue weighted by molar-refractivity contribution is 5.98. The van der Waals surface area contributed by atoms with Gasteiger partial charge >= 0.3 is 0 Å². The predicted octanol–water partition coefficient (Wildman–Crippen LogP) is 3.61. The van der Waals surface area contributed by atoms with Gasteiger partial charge in [0.1, 0.15) is 5.75 Å². The number of hydrogen-bond donors (Lipinski definition) is 1. The molecular weight excluding hydrogens is 390 g/mol. The van der Waals surface area contributed by atoms with Crippen LogP contribution < -0.4 is 15.0 Å². The van der Waals surface area contributed by atoms with Crippen LogP contribution in [0.2, 0.25) is 0 Å². The highest BCUT2D eigenvalue weighted by Gasteiger charge is 2.25. The molecule has 3 rings (SSSR count). The Labute approximate surface area is 185 Å². The van der Waals surface area contributed by atoms with Gasteiger partial charge in [-0.25, -0.2) is 0 Å². The van der Waals surface area contributed by atoms with E-state index in [1.165, 1.54) is 18.4 Å². The summed E-state index contributed by atoms with van der Waals surface area (Å²) >= 11 is 0. The summed E-state index contributed by atoms with van der Waals surface area (Å²) in [6.45, 7) is 6.19. The molecule has 31 heavy (non-hydrogen) atoms. The second-order valence-electron chi connectivity index (χ2n) is 7.87. The van der Waals surface area contributed by atoms with Crippen molar-refractivity contribution in [3.05, 3.63) is 60.2 Å². The first-order valence-electron chi connectivity index (χ1n) is 11.2. The molecule has 0 atom stereocenters. The van der Waals surface area contributed by atoms with Gasteiger partial charge in [0, 0.05) is 32.6 Å². The summed E-state index contributed by atoms with van der Waals surface area (Å²) < 4.78 is 5.45. The lowest BCUT2D eigenvalue weighted by atomic mass is 10.2. The molecule has 1 aliphatic heterocycles. The Balaban J connectivity index is 1.39. The largest absolute Gasteiger partial charge is 0.482 e. The Kier molecular flexibility index (Phi) is 8.91. The van der Waals surface area contributed by atoms with Crippen molar-refractivity contribution < 1.29 is 14.3 Å². The first-order valence-corrected chi connectivity index (χ1v) is 11.2. The van der Waals surface area contributed by atoms with Crippen LogP contribution in [0, 0.1) is 0 Å². The van der Waals surface area contributed by atoms with E-state index in [9.17, 15) is 9.59 Å². The van der Waals surface area contributed by atoms with Gasteiger partial charge in [-0.2, -0.15) is 0 Å². The van der Waals surface area contributed by atoms with Gasteiger partial charge in [-0.15, -0.1) is 0 Å². The van der Waals surface area contributed by atoms with Crippen LogP contribution in [0.5, 0.6) is 5.75 Å². The minimum absolute atomic E-state index is 0.0215. The van der Waals surface area contributed by atoms with E-state index in [4.69, 9.17) is 4.74 Å². The molecule has 0 saturated heterocycles. The number of amides is 2. The zero-order valence-corrected chi connectivity index (χ0v) is 18.4. The molecule has 0 aromatic heterocycles. The fraction of sp³-hybridized carbons (Fsp3) is 0.440. The average molecular weight is 424 g/mol. The highest BCUT2D eigenvalue weighted by Crippen LogP contribution is 2.31. The maximum Gasteiger partial charge on any atom is 0.265 e. The van der Waals surface area contributed by atoms with E-state index in [0.717, 1.165) is 31.7 Å². The maximum atomic E-state index is 12.3. The molecule has 0 radical (unpaired) electrons. The van der Waals surface area contributed by atoms with E-state index in [-0.39, 0.29) is 24.8 Å². The number of nitrogens with zero attached hydrogens (tertiary/aromatic N) is 2. The summed E-state index contributed by atoms with van der Waals surface area (Å²) in [4.78, 5) is 28.6. The Bertz CT molecular complexity index is 841. The zero-order valence-electron chi connectivity index (χ0n) is 18.4. The Hall–Kier alpha value is -2.86. The van der Waals surface area contributed by atoms with Crippen LogP contribution in [0.1, 0.15) is 38.2 Å². The molecule has 1 aliphatic rings. The molecule has 1 N–H and O–H groups in total. The molecule has 0 fully saturated rings. The molecule has 166 valence electrons. The van der Waals surface area contributed by atoms with Gasteiger partial charge in [0.2, 0.25) is 5.91 Å². The summed E-state index contributed by atoms with van der Waals surface area (Å²) in [5, 5.41) is 3.00. The van der Waals surface area contributed by atoms with E-state index in [2.05, 4.69) is 41.4 Å². The third-order valence-corrected chi connectivity index (χ3v) is 5.42. The van der Waals surface area contributed by atoms with Gasteiger partial charge in [-0.05, 0) is 37.1 Å². The minimum Gasteiger partial charge on any atom is -0.482 e. The van der Waals surface area contributed by atoms with Crippen LogP contribution in [-0.4, -0.2) is 49.5 Å². The monoisotopic (exact) mass is 423 g/mol. The van der Waals surface area contributed by atoms with E-state index < -0.39 is 0 Å². The molecule has 2 aromatic carbocycles. The summed E-state index contributed by atoms with van der Waals surface area (Å²) in [7, 11) is 0. The van der Waals surface area contributed by atoms with Crippen LogP contribution >= 0.6 is 0 Å². The Morgan fingerprint density at radius 1 is 1.06 bits per heavy atom. The Morgan fingerprint density at radius 3 is 2.61 bits per heavy atom. The van der Waals surface area contributed by atoms with Crippen molar-refractivity contribution in [1.29, 1.82) is 0 Å². The number of carbonyl (C=O) groups is 2. The van der Waals surface area contributed by atoms with Crippen molar-refractivity contribution in [2.75, 3.05) is 37.7 Å². The molecule has 6 heteroatoms. The predicted molar refractivity (Wildman–Crippen MR) is 123 cm³/mol. The molecular formula is C25H33N3O3. The van der Waals surface area contributed by atoms with Crippen LogP contribution in [0.15, 0.2) is 54.6 Å². The molecule has 1 heterocycles. The number of rotatable bonds is 12. The highest BCUT2D eigenvalue weighted by atomic mass is 16.5. The minimum atomic E-state index is -0.112. The fourth-order valence-electron chi connectivity index (χ4n) is 3.72. The summed E-state index contributed by atoms with van der Waals surface area (Å²) in [6.07, 6.45) is 3.53. The lowest BCUT2D eigenvalue weighted by molar-refractivity contribution is -0.122. The number of nitrogens with one attached hydrogen (secondary N) is 1. The molecule has 2 aromatic rings. The van der Waals surface area contributed by atoms with E-state index >= 15 is 0 Å². The second-order valence-corrected chi connectivity index (χ2v) is 7.87. The number of hydrogen-bond acceptors (Lipinski definition) is 4. The number of unbranched alkanes of at least 4 members (excludes halogenated alkanes) is 1. The smallest absolute Gasteiger partial charge is 0.265 e. The normalized spacial score (nSPS) is 13.1. The van der Waals surface area contributed by atoms with Gasteiger partial charge in [-0.1, -0.05) is 55.8 Å².